The van der Waals surface area contributed by atoms with E-state index in [1.54, 1.807) is 11.3 Å². The lowest BCUT2D eigenvalue weighted by atomic mass is 10.5. The third-order valence-corrected chi connectivity index (χ3v) is 2.39. The topological polar surface area (TPSA) is 17.8 Å². The Morgan fingerprint density at radius 3 is 2.91 bits per heavy atom. The summed E-state index contributed by atoms with van der Waals surface area (Å²) in [4.78, 5) is 0. The number of nitrogens with zero attached hydrogens (tertiary/aromatic N) is 2. The lowest BCUT2D eigenvalue weighted by Gasteiger charge is -1.97. The number of thiophene rings is 1. The summed E-state index contributed by atoms with van der Waals surface area (Å²) in [5.74, 6) is 0. The second-order valence-electron chi connectivity index (χ2n) is 2.34. The van der Waals surface area contributed by atoms with Crippen LogP contribution in [0.2, 0.25) is 0 Å². The summed E-state index contributed by atoms with van der Waals surface area (Å²) in [6, 6.07) is 6.09. The largest absolute Gasteiger partial charge is 0.228 e. The molecule has 0 aromatic carbocycles. The highest BCUT2D eigenvalue weighted by atomic mass is 32.1. The molecule has 2 rings (SSSR count). The van der Waals surface area contributed by atoms with Crippen LogP contribution >= 0.6 is 11.3 Å². The Hall–Kier alpha value is -1.09. The molecule has 2 nitrogen and oxygen atoms in total. The molecule has 2 aromatic heterocycles. The number of hydrogen-bond donors (Lipinski definition) is 0. The number of hydrogen-bond acceptors (Lipinski definition) is 2. The standard InChI is InChI=1S/C8H8N2S/c1-7-4-5-9-10(7)8-3-2-6-11-8/h2-6H,1H3. The highest BCUT2D eigenvalue weighted by Crippen LogP contribution is 2.15. The van der Waals surface area contributed by atoms with E-state index < -0.39 is 0 Å². The van der Waals surface area contributed by atoms with E-state index in [-0.39, 0.29) is 0 Å². The van der Waals surface area contributed by atoms with Crippen LogP contribution in [0.25, 0.3) is 5.00 Å². The van der Waals surface area contributed by atoms with E-state index in [4.69, 9.17) is 0 Å². The van der Waals surface area contributed by atoms with Gasteiger partial charge in [-0.3, -0.25) is 0 Å². The Morgan fingerprint density at radius 2 is 2.36 bits per heavy atom. The zero-order valence-corrected chi connectivity index (χ0v) is 7.01. The summed E-state index contributed by atoms with van der Waals surface area (Å²) >= 11 is 1.70. The van der Waals surface area contributed by atoms with Gasteiger partial charge in [0.2, 0.25) is 0 Å². The zero-order valence-electron chi connectivity index (χ0n) is 6.19. The second kappa shape index (κ2) is 2.51. The highest BCUT2D eigenvalue weighted by molar-refractivity contribution is 7.12. The molecule has 0 spiro atoms. The molecule has 0 aliphatic carbocycles. The smallest absolute Gasteiger partial charge is 0.117 e. The Morgan fingerprint density at radius 1 is 1.45 bits per heavy atom. The van der Waals surface area contributed by atoms with Crippen LogP contribution in [-0.2, 0) is 0 Å². The van der Waals surface area contributed by atoms with Crippen LogP contribution in [0.4, 0.5) is 0 Å². The maximum atomic E-state index is 4.19. The van der Waals surface area contributed by atoms with E-state index in [0.717, 1.165) is 0 Å². The van der Waals surface area contributed by atoms with Crippen molar-refractivity contribution >= 4 is 11.3 Å². The Labute approximate surface area is 69.1 Å². The van der Waals surface area contributed by atoms with E-state index in [9.17, 15) is 0 Å². The SMILES string of the molecule is Cc1ccnn1-c1cccs1. The molecule has 0 saturated carbocycles. The first-order chi connectivity index (χ1) is 5.38. The Kier molecular flexibility index (Phi) is 1.51. The minimum Gasteiger partial charge on any atom is -0.228 e. The van der Waals surface area contributed by atoms with E-state index in [0.29, 0.717) is 0 Å². The van der Waals surface area contributed by atoms with Gasteiger partial charge in [-0.2, -0.15) is 5.10 Å². The third kappa shape index (κ3) is 1.07. The molecule has 11 heavy (non-hydrogen) atoms. The summed E-state index contributed by atoms with van der Waals surface area (Å²) in [7, 11) is 0. The molecule has 56 valence electrons. The quantitative estimate of drug-likeness (QED) is 0.632. The lowest BCUT2D eigenvalue weighted by molar-refractivity contribution is 0.863. The molecule has 0 aliphatic heterocycles. The van der Waals surface area contributed by atoms with Gasteiger partial charge in [-0.15, -0.1) is 11.3 Å². The van der Waals surface area contributed by atoms with Crippen molar-refractivity contribution in [3.63, 3.8) is 0 Å². The average Bonchev–Trinajstić information content (AvgIpc) is 2.55. The van der Waals surface area contributed by atoms with Crippen LogP contribution in [-0.4, -0.2) is 9.78 Å². The normalized spacial score (nSPS) is 10.3. The molecule has 0 unspecified atom stereocenters. The van der Waals surface area contributed by atoms with Crippen molar-refractivity contribution in [2.45, 2.75) is 6.92 Å². The predicted molar refractivity (Wildman–Crippen MR) is 46.2 cm³/mol. The van der Waals surface area contributed by atoms with Crippen LogP contribution in [0.5, 0.6) is 0 Å². The Balaban J connectivity index is 2.53. The first-order valence-electron chi connectivity index (χ1n) is 3.42. The minimum atomic E-state index is 1.17. The summed E-state index contributed by atoms with van der Waals surface area (Å²) < 4.78 is 1.94. The van der Waals surface area contributed by atoms with E-state index in [2.05, 4.69) is 16.5 Å². The van der Waals surface area contributed by atoms with Gasteiger partial charge in [-0.05, 0) is 30.5 Å². The molecule has 0 atom stereocenters. The van der Waals surface area contributed by atoms with Gasteiger partial charge in [0.1, 0.15) is 5.00 Å². The molecule has 0 amide bonds. The molecule has 0 N–H and O–H groups in total. The van der Waals surface area contributed by atoms with Gasteiger partial charge in [0.15, 0.2) is 0 Å². The molecule has 2 heterocycles. The lowest BCUT2D eigenvalue weighted by Crippen LogP contribution is -1.94. The predicted octanol–water partition coefficient (Wildman–Crippen LogP) is 2.24. The van der Waals surface area contributed by atoms with E-state index in [1.807, 2.05) is 29.9 Å². The first kappa shape index (κ1) is 6.61. The van der Waals surface area contributed by atoms with Gasteiger partial charge in [0.25, 0.3) is 0 Å². The van der Waals surface area contributed by atoms with Crippen molar-refractivity contribution in [1.82, 2.24) is 9.78 Å². The maximum absolute atomic E-state index is 4.19. The number of aromatic nitrogens is 2. The van der Waals surface area contributed by atoms with Crippen LogP contribution in [0.15, 0.2) is 29.8 Å². The van der Waals surface area contributed by atoms with Gasteiger partial charge in [-0.25, -0.2) is 4.68 Å². The molecule has 0 saturated heterocycles. The van der Waals surface area contributed by atoms with E-state index in [1.165, 1.54) is 10.7 Å². The molecule has 0 fully saturated rings. The molecular weight excluding hydrogens is 156 g/mol. The fourth-order valence-electron chi connectivity index (χ4n) is 0.991. The maximum Gasteiger partial charge on any atom is 0.117 e. The van der Waals surface area contributed by atoms with Crippen LogP contribution < -0.4 is 0 Å². The minimum absolute atomic E-state index is 1.17. The monoisotopic (exact) mass is 164 g/mol. The molecule has 0 bridgehead atoms. The van der Waals surface area contributed by atoms with Crippen LogP contribution in [0.1, 0.15) is 5.69 Å². The average molecular weight is 164 g/mol. The van der Waals surface area contributed by atoms with Crippen molar-refractivity contribution in [2.75, 3.05) is 0 Å². The molecular formula is C8H8N2S. The van der Waals surface area contributed by atoms with Crippen molar-refractivity contribution in [3.8, 4) is 5.00 Å². The Bertz CT molecular complexity index is 335. The van der Waals surface area contributed by atoms with Gasteiger partial charge in [0.05, 0.1) is 0 Å². The summed E-state index contributed by atoms with van der Waals surface area (Å²) in [6.07, 6.45) is 1.81. The van der Waals surface area contributed by atoms with Gasteiger partial charge in [-0.1, -0.05) is 0 Å². The van der Waals surface area contributed by atoms with Crippen LogP contribution in [0.3, 0.4) is 0 Å². The molecule has 2 aromatic rings. The fraction of sp³-hybridized carbons (Fsp3) is 0.125. The fourth-order valence-corrected chi connectivity index (χ4v) is 1.74. The third-order valence-electron chi connectivity index (χ3n) is 1.55. The van der Waals surface area contributed by atoms with E-state index >= 15 is 0 Å². The van der Waals surface area contributed by atoms with Crippen LogP contribution in [0, 0.1) is 6.92 Å². The van der Waals surface area contributed by atoms with Gasteiger partial charge in [0, 0.05) is 11.9 Å². The first-order valence-corrected chi connectivity index (χ1v) is 4.30. The molecule has 0 radical (unpaired) electrons. The number of aryl methyl sites for hydroxylation is 1. The summed E-state index contributed by atoms with van der Waals surface area (Å²) in [6.45, 7) is 2.05. The van der Waals surface area contributed by atoms with Crippen molar-refractivity contribution < 1.29 is 0 Å². The van der Waals surface area contributed by atoms with Gasteiger partial charge < -0.3 is 0 Å². The van der Waals surface area contributed by atoms with Crippen molar-refractivity contribution in [1.29, 1.82) is 0 Å². The molecule has 3 heteroatoms. The highest BCUT2D eigenvalue weighted by Gasteiger charge is 1.99. The van der Waals surface area contributed by atoms with Crippen molar-refractivity contribution in [3.05, 3.63) is 35.5 Å². The zero-order chi connectivity index (χ0) is 7.68. The molecule has 0 aliphatic rings. The number of rotatable bonds is 1. The second-order valence-corrected chi connectivity index (χ2v) is 3.26. The summed E-state index contributed by atoms with van der Waals surface area (Å²) in [5, 5.41) is 7.41. The summed E-state index contributed by atoms with van der Waals surface area (Å²) in [5.41, 5.74) is 1.17. The van der Waals surface area contributed by atoms with Gasteiger partial charge >= 0.3 is 0 Å². The van der Waals surface area contributed by atoms with Crippen molar-refractivity contribution in [2.24, 2.45) is 0 Å².